The Morgan fingerprint density at radius 1 is 1.04 bits per heavy atom. The molecule has 1 atom stereocenters. The molecule has 2 aromatic carbocycles. The van der Waals surface area contributed by atoms with Crippen LogP contribution in [0.1, 0.15) is 17.3 Å². The van der Waals surface area contributed by atoms with E-state index in [0.717, 1.165) is 12.1 Å². The average Bonchev–Trinajstić information content (AvgIpc) is 2.54. The summed E-state index contributed by atoms with van der Waals surface area (Å²) < 4.78 is 31.0. The van der Waals surface area contributed by atoms with Crippen molar-refractivity contribution in [1.82, 2.24) is 10.9 Å². The lowest BCUT2D eigenvalue weighted by Crippen LogP contribution is -2.47. The van der Waals surface area contributed by atoms with Gasteiger partial charge in [0.15, 0.2) is 6.10 Å². The molecule has 1 unspecified atom stereocenters. The third-order valence-electron chi connectivity index (χ3n) is 2.97. The molecule has 2 rings (SSSR count). The predicted octanol–water partition coefficient (Wildman–Crippen LogP) is 2.85. The fraction of sp³-hybridized carbons (Fsp3) is 0.125. The van der Waals surface area contributed by atoms with Gasteiger partial charge in [-0.25, -0.2) is 8.78 Å². The van der Waals surface area contributed by atoms with Gasteiger partial charge in [-0.15, -0.1) is 0 Å². The van der Waals surface area contributed by atoms with E-state index < -0.39 is 29.6 Å². The third kappa shape index (κ3) is 4.66. The summed E-state index contributed by atoms with van der Waals surface area (Å²) >= 11 is 5.75. The number of rotatable bonds is 4. The molecule has 24 heavy (non-hydrogen) atoms. The van der Waals surface area contributed by atoms with Crippen LogP contribution in [0.5, 0.6) is 5.75 Å². The van der Waals surface area contributed by atoms with Crippen LogP contribution in [-0.2, 0) is 4.79 Å². The van der Waals surface area contributed by atoms with E-state index in [2.05, 4.69) is 10.9 Å². The third-order valence-corrected chi connectivity index (χ3v) is 3.28. The number of nitrogens with one attached hydrogen (secondary N) is 2. The van der Waals surface area contributed by atoms with Gasteiger partial charge in [0.25, 0.3) is 11.8 Å². The second kappa shape index (κ2) is 7.74. The topological polar surface area (TPSA) is 67.4 Å². The van der Waals surface area contributed by atoms with E-state index in [-0.39, 0.29) is 10.6 Å². The Kier molecular flexibility index (Phi) is 5.70. The number of carbonyl (C=O) groups excluding carboxylic acids is 2. The van der Waals surface area contributed by atoms with Crippen LogP contribution in [0.4, 0.5) is 8.78 Å². The van der Waals surface area contributed by atoms with E-state index in [9.17, 15) is 18.4 Å². The fourth-order valence-corrected chi connectivity index (χ4v) is 1.98. The number of carbonyl (C=O) groups is 2. The highest BCUT2D eigenvalue weighted by atomic mass is 35.5. The summed E-state index contributed by atoms with van der Waals surface area (Å²) in [5, 5.41) is -0.0858. The van der Waals surface area contributed by atoms with Crippen molar-refractivity contribution in [1.29, 1.82) is 0 Å². The Morgan fingerprint density at radius 2 is 1.67 bits per heavy atom. The Balaban J connectivity index is 1.89. The summed E-state index contributed by atoms with van der Waals surface area (Å²) in [7, 11) is 0. The maximum absolute atomic E-state index is 12.9. The van der Waals surface area contributed by atoms with E-state index in [0.29, 0.717) is 5.75 Å². The maximum Gasteiger partial charge on any atom is 0.279 e. The molecule has 2 N–H and O–H groups in total. The molecule has 0 heterocycles. The molecule has 0 radical (unpaired) electrons. The second-order valence-corrected chi connectivity index (χ2v) is 5.19. The smallest absolute Gasteiger partial charge is 0.279 e. The van der Waals surface area contributed by atoms with Crippen molar-refractivity contribution in [2.45, 2.75) is 13.0 Å². The van der Waals surface area contributed by atoms with Gasteiger partial charge in [0.1, 0.15) is 17.4 Å². The van der Waals surface area contributed by atoms with Gasteiger partial charge in [0, 0.05) is 0 Å². The van der Waals surface area contributed by atoms with Crippen molar-refractivity contribution in [3.05, 3.63) is 64.7 Å². The zero-order chi connectivity index (χ0) is 17.7. The van der Waals surface area contributed by atoms with Gasteiger partial charge in [-0.2, -0.15) is 0 Å². The van der Waals surface area contributed by atoms with E-state index >= 15 is 0 Å². The first-order valence-corrected chi connectivity index (χ1v) is 7.22. The Hall–Kier alpha value is -2.67. The molecular weight excluding hydrogens is 342 g/mol. The van der Waals surface area contributed by atoms with Crippen LogP contribution in [0.3, 0.4) is 0 Å². The van der Waals surface area contributed by atoms with Gasteiger partial charge in [-0.1, -0.05) is 11.6 Å². The molecule has 8 heteroatoms. The quantitative estimate of drug-likeness (QED) is 0.830. The minimum atomic E-state index is -0.945. The molecule has 0 saturated heterocycles. The van der Waals surface area contributed by atoms with Crippen molar-refractivity contribution in [2.24, 2.45) is 0 Å². The van der Waals surface area contributed by atoms with Crippen LogP contribution in [-0.4, -0.2) is 17.9 Å². The predicted molar refractivity (Wildman–Crippen MR) is 83.5 cm³/mol. The zero-order valence-electron chi connectivity index (χ0n) is 12.5. The molecule has 5 nitrogen and oxygen atoms in total. The molecule has 0 bridgehead atoms. The van der Waals surface area contributed by atoms with Crippen LogP contribution in [0.2, 0.25) is 5.02 Å². The van der Waals surface area contributed by atoms with Crippen LogP contribution in [0, 0.1) is 11.6 Å². The summed E-state index contributed by atoms with van der Waals surface area (Å²) in [4.78, 5) is 23.8. The van der Waals surface area contributed by atoms with Gasteiger partial charge in [-0.05, 0) is 49.4 Å². The number of ether oxygens (including phenoxy) is 1. The van der Waals surface area contributed by atoms with Crippen LogP contribution < -0.4 is 15.6 Å². The number of hydrazine groups is 1. The van der Waals surface area contributed by atoms with Crippen molar-refractivity contribution in [2.75, 3.05) is 0 Å². The Morgan fingerprint density at radius 3 is 2.29 bits per heavy atom. The van der Waals surface area contributed by atoms with Crippen molar-refractivity contribution >= 4 is 23.4 Å². The highest BCUT2D eigenvalue weighted by Gasteiger charge is 2.17. The molecule has 2 aromatic rings. The van der Waals surface area contributed by atoms with E-state index in [1.54, 1.807) is 0 Å². The molecule has 0 fully saturated rings. The lowest BCUT2D eigenvalue weighted by Gasteiger charge is -2.15. The van der Waals surface area contributed by atoms with E-state index in [4.69, 9.17) is 16.3 Å². The normalized spacial score (nSPS) is 11.5. The summed E-state index contributed by atoms with van der Waals surface area (Å²) in [5.41, 5.74) is 4.32. The molecule has 0 aromatic heterocycles. The zero-order valence-corrected chi connectivity index (χ0v) is 13.2. The van der Waals surface area contributed by atoms with Gasteiger partial charge >= 0.3 is 0 Å². The average molecular weight is 355 g/mol. The van der Waals surface area contributed by atoms with Gasteiger partial charge in [-0.3, -0.25) is 20.4 Å². The van der Waals surface area contributed by atoms with Gasteiger partial charge in [0.2, 0.25) is 0 Å². The highest BCUT2D eigenvalue weighted by Crippen LogP contribution is 2.17. The lowest BCUT2D eigenvalue weighted by atomic mass is 10.2. The maximum atomic E-state index is 12.9. The number of benzene rings is 2. The summed E-state index contributed by atoms with van der Waals surface area (Å²) in [6.45, 7) is 1.45. The van der Waals surface area contributed by atoms with Crippen molar-refractivity contribution < 1.29 is 23.1 Å². The van der Waals surface area contributed by atoms with Crippen molar-refractivity contribution in [3.63, 3.8) is 0 Å². The first kappa shape index (κ1) is 17.7. The lowest BCUT2D eigenvalue weighted by molar-refractivity contribution is -0.128. The Labute approximate surface area is 141 Å². The number of hydrogen-bond acceptors (Lipinski definition) is 3. The van der Waals surface area contributed by atoms with Crippen LogP contribution >= 0.6 is 11.6 Å². The first-order chi connectivity index (χ1) is 11.4. The number of hydrogen-bond donors (Lipinski definition) is 2. The van der Waals surface area contributed by atoms with Crippen LogP contribution in [0.15, 0.2) is 42.5 Å². The summed E-state index contributed by atoms with van der Waals surface area (Å²) in [5.74, 6) is -2.05. The van der Waals surface area contributed by atoms with E-state index in [1.807, 2.05) is 0 Å². The highest BCUT2D eigenvalue weighted by molar-refractivity contribution is 6.33. The summed E-state index contributed by atoms with van der Waals surface area (Å²) in [6.07, 6.45) is -0.945. The van der Waals surface area contributed by atoms with Crippen LogP contribution in [0.25, 0.3) is 0 Å². The number of amides is 2. The van der Waals surface area contributed by atoms with Crippen molar-refractivity contribution in [3.8, 4) is 5.75 Å². The molecule has 0 saturated carbocycles. The number of halogens is 3. The molecule has 0 aliphatic carbocycles. The molecule has 2 amide bonds. The van der Waals surface area contributed by atoms with Gasteiger partial charge in [0.05, 0.1) is 10.6 Å². The standard InChI is InChI=1S/C16H13ClF2N2O3/c1-9(24-12-5-2-10(18)3-6-12)15(22)20-21-16(23)13-7-4-11(19)8-14(13)17/h2-9H,1H3,(H,20,22)(H,21,23). The second-order valence-electron chi connectivity index (χ2n) is 4.78. The molecule has 0 aliphatic heterocycles. The monoisotopic (exact) mass is 354 g/mol. The summed E-state index contributed by atoms with van der Waals surface area (Å²) in [6, 6.07) is 8.38. The minimum absolute atomic E-state index is 0.00507. The fourth-order valence-electron chi connectivity index (χ4n) is 1.73. The molecule has 0 spiro atoms. The Bertz CT molecular complexity index is 753. The minimum Gasteiger partial charge on any atom is -0.481 e. The molecule has 0 aliphatic rings. The first-order valence-electron chi connectivity index (χ1n) is 6.84. The molecule has 126 valence electrons. The SMILES string of the molecule is CC(Oc1ccc(F)cc1)C(=O)NNC(=O)c1ccc(F)cc1Cl. The largest absolute Gasteiger partial charge is 0.481 e. The van der Waals surface area contributed by atoms with E-state index in [1.165, 1.54) is 37.3 Å². The molecular formula is C16H13ClF2N2O3. The van der Waals surface area contributed by atoms with Gasteiger partial charge < -0.3 is 4.74 Å².